The van der Waals surface area contributed by atoms with Crippen LogP contribution < -0.4 is 0 Å². The number of carbonyl (C=O) groups is 1. The first kappa shape index (κ1) is 15.9. The molecule has 2 saturated carbocycles. The number of ether oxygens (including phenoxy) is 2. The average molecular weight is 290 g/mol. The van der Waals surface area contributed by atoms with Crippen LogP contribution in [0, 0.1) is 34.5 Å². The van der Waals surface area contributed by atoms with Crippen molar-refractivity contribution in [3.63, 3.8) is 0 Å². The molecule has 1 aliphatic heterocycles. The van der Waals surface area contributed by atoms with Gasteiger partial charge in [-0.25, -0.2) is 0 Å². The van der Waals surface area contributed by atoms with Gasteiger partial charge < -0.3 is 9.47 Å². The summed E-state index contributed by atoms with van der Waals surface area (Å²) >= 11 is 0. The van der Waals surface area contributed by atoms with E-state index in [1.54, 1.807) is 0 Å². The van der Waals surface area contributed by atoms with Crippen LogP contribution in [0.4, 0.5) is 0 Å². The van der Waals surface area contributed by atoms with E-state index >= 15 is 0 Å². The lowest BCUT2D eigenvalue weighted by Gasteiger charge is -2.32. The van der Waals surface area contributed by atoms with Crippen molar-refractivity contribution in [2.24, 2.45) is 11.8 Å². The first-order chi connectivity index (χ1) is 10.2. The summed E-state index contributed by atoms with van der Waals surface area (Å²) in [6, 6.07) is 4.47. The van der Waals surface area contributed by atoms with Crippen LogP contribution in [-0.4, -0.2) is 24.8 Å². The van der Waals surface area contributed by atoms with E-state index in [0.29, 0.717) is 18.6 Å². The Balaban J connectivity index is 0.000000161. The molecular formula is C16H22N2O3. The quantitative estimate of drug-likeness (QED) is 0.685. The molecule has 1 heterocycles. The average Bonchev–Trinajstić information content (AvgIpc) is 2.98. The summed E-state index contributed by atoms with van der Waals surface area (Å²) < 4.78 is 11.1. The summed E-state index contributed by atoms with van der Waals surface area (Å²) in [7, 11) is 0. The maximum absolute atomic E-state index is 10.6. The number of rotatable bonds is 0. The van der Waals surface area contributed by atoms with Gasteiger partial charge in [-0.15, -0.1) is 0 Å². The van der Waals surface area contributed by atoms with Gasteiger partial charge in [0.05, 0.1) is 25.4 Å². The Kier molecular flexibility index (Phi) is 5.73. The third kappa shape index (κ3) is 4.52. The topological polar surface area (TPSA) is 83.1 Å². The Hall–Kier alpha value is -1.43. The van der Waals surface area contributed by atoms with Gasteiger partial charge in [-0.2, -0.15) is 10.5 Å². The predicted octanol–water partition coefficient (Wildman–Crippen LogP) is 2.71. The predicted molar refractivity (Wildman–Crippen MR) is 74.8 cm³/mol. The van der Waals surface area contributed by atoms with Crippen molar-refractivity contribution in [2.45, 2.75) is 57.2 Å². The Labute approximate surface area is 125 Å². The van der Waals surface area contributed by atoms with Crippen LogP contribution in [0.3, 0.4) is 0 Å². The van der Waals surface area contributed by atoms with E-state index < -0.39 is 0 Å². The van der Waals surface area contributed by atoms with E-state index in [0.717, 1.165) is 51.7 Å². The highest BCUT2D eigenvalue weighted by molar-refractivity contribution is 5.79. The molecule has 0 aromatic heterocycles. The van der Waals surface area contributed by atoms with E-state index in [9.17, 15) is 4.79 Å². The number of nitriles is 2. The fourth-order valence-electron chi connectivity index (χ4n) is 3.04. The molecule has 0 N–H and O–H groups in total. The lowest BCUT2D eigenvalue weighted by atomic mass is 9.86. The molecule has 3 rings (SSSR count). The minimum absolute atomic E-state index is 0.155. The van der Waals surface area contributed by atoms with Gasteiger partial charge in [0.25, 0.3) is 0 Å². The van der Waals surface area contributed by atoms with Crippen molar-refractivity contribution in [1.82, 2.24) is 0 Å². The second kappa shape index (κ2) is 7.54. The molecular weight excluding hydrogens is 268 g/mol. The fourth-order valence-corrected chi connectivity index (χ4v) is 3.04. The molecule has 3 aliphatic rings. The summed E-state index contributed by atoms with van der Waals surface area (Å²) in [5.41, 5.74) is 0. The monoisotopic (exact) mass is 290 g/mol. The minimum Gasteiger partial charge on any atom is -0.348 e. The van der Waals surface area contributed by atoms with Gasteiger partial charge >= 0.3 is 0 Å². The van der Waals surface area contributed by atoms with Crippen LogP contribution in [0.2, 0.25) is 0 Å². The largest absolute Gasteiger partial charge is 0.348 e. The molecule has 0 bridgehead atoms. The number of carbonyl (C=O) groups excluding carboxylic acids is 1. The van der Waals surface area contributed by atoms with Gasteiger partial charge in [0.2, 0.25) is 0 Å². The van der Waals surface area contributed by atoms with Crippen molar-refractivity contribution in [3.05, 3.63) is 0 Å². The van der Waals surface area contributed by atoms with Crippen molar-refractivity contribution < 1.29 is 14.3 Å². The van der Waals surface area contributed by atoms with Gasteiger partial charge in [0, 0.05) is 37.5 Å². The van der Waals surface area contributed by atoms with Gasteiger partial charge in [0.1, 0.15) is 5.78 Å². The molecule has 2 aliphatic carbocycles. The maximum atomic E-state index is 10.6. The summed E-state index contributed by atoms with van der Waals surface area (Å²) in [4.78, 5) is 10.6. The van der Waals surface area contributed by atoms with Gasteiger partial charge in [-0.05, 0) is 25.7 Å². The van der Waals surface area contributed by atoms with E-state index in [4.69, 9.17) is 20.0 Å². The normalized spacial score (nSPS) is 25.7. The summed E-state index contributed by atoms with van der Waals surface area (Å²) in [5, 5.41) is 17.1. The first-order valence-corrected chi connectivity index (χ1v) is 7.76. The van der Waals surface area contributed by atoms with Crippen molar-refractivity contribution >= 4 is 5.78 Å². The number of Topliss-reactive ketones (excluding diaryl/α,β-unsaturated/α-hetero) is 1. The second-order valence-corrected chi connectivity index (χ2v) is 5.95. The van der Waals surface area contributed by atoms with E-state index in [1.807, 2.05) is 0 Å². The molecule has 114 valence electrons. The smallest absolute Gasteiger partial charge is 0.168 e. The second-order valence-electron chi connectivity index (χ2n) is 5.95. The van der Waals surface area contributed by atoms with Crippen molar-refractivity contribution in [1.29, 1.82) is 10.5 Å². The third-order valence-electron chi connectivity index (χ3n) is 4.47. The zero-order valence-corrected chi connectivity index (χ0v) is 12.3. The molecule has 0 radical (unpaired) electrons. The zero-order chi connectivity index (χ0) is 15.1. The Morgan fingerprint density at radius 2 is 1.38 bits per heavy atom. The molecule has 0 amide bonds. The highest BCUT2D eigenvalue weighted by Gasteiger charge is 2.40. The van der Waals surface area contributed by atoms with Crippen LogP contribution in [0.15, 0.2) is 0 Å². The van der Waals surface area contributed by atoms with Crippen LogP contribution in [-0.2, 0) is 14.3 Å². The third-order valence-corrected chi connectivity index (χ3v) is 4.47. The van der Waals surface area contributed by atoms with Crippen molar-refractivity contribution in [3.8, 4) is 12.1 Å². The van der Waals surface area contributed by atoms with E-state index in [2.05, 4.69) is 12.1 Å². The summed E-state index contributed by atoms with van der Waals surface area (Å²) in [6.07, 6.45) is 6.46. The molecule has 1 spiro atoms. The lowest BCUT2D eigenvalue weighted by molar-refractivity contribution is -0.180. The standard InChI is InChI=1S/C9H13NO2.C7H9NO/c10-7-8-1-3-9(4-2-8)11-5-6-12-9;8-5-6-1-3-7(9)4-2-6/h8H,1-6H2;6H,1-4H2. The molecule has 5 nitrogen and oxygen atoms in total. The molecule has 0 aromatic rings. The summed E-state index contributed by atoms with van der Waals surface area (Å²) in [5.74, 6) is 0.403. The number of hydrogen-bond acceptors (Lipinski definition) is 5. The minimum atomic E-state index is -0.298. The van der Waals surface area contributed by atoms with Crippen LogP contribution >= 0.6 is 0 Å². The molecule has 3 fully saturated rings. The van der Waals surface area contributed by atoms with Gasteiger partial charge in [-0.3, -0.25) is 4.79 Å². The Morgan fingerprint density at radius 3 is 1.86 bits per heavy atom. The van der Waals surface area contributed by atoms with Crippen LogP contribution in [0.25, 0.3) is 0 Å². The van der Waals surface area contributed by atoms with E-state index in [1.165, 1.54) is 0 Å². The SMILES string of the molecule is N#CC1CCC(=O)CC1.N#CC1CCC2(CC1)OCCO2. The fraction of sp³-hybridized carbons (Fsp3) is 0.812. The van der Waals surface area contributed by atoms with Crippen molar-refractivity contribution in [2.75, 3.05) is 13.2 Å². The molecule has 0 unspecified atom stereocenters. The molecule has 21 heavy (non-hydrogen) atoms. The van der Waals surface area contributed by atoms with E-state index in [-0.39, 0.29) is 17.6 Å². The Morgan fingerprint density at radius 1 is 0.905 bits per heavy atom. The van der Waals surface area contributed by atoms with Gasteiger partial charge in [0.15, 0.2) is 5.79 Å². The van der Waals surface area contributed by atoms with Crippen LogP contribution in [0.5, 0.6) is 0 Å². The first-order valence-electron chi connectivity index (χ1n) is 7.76. The lowest BCUT2D eigenvalue weighted by Crippen LogP contribution is -2.34. The maximum Gasteiger partial charge on any atom is 0.168 e. The molecule has 5 heteroatoms. The number of nitrogens with zero attached hydrogens (tertiary/aromatic N) is 2. The number of ketones is 1. The molecule has 0 aromatic carbocycles. The highest BCUT2D eigenvalue weighted by atomic mass is 16.7. The number of hydrogen-bond donors (Lipinski definition) is 0. The molecule has 0 atom stereocenters. The highest BCUT2D eigenvalue weighted by Crippen LogP contribution is 2.37. The van der Waals surface area contributed by atoms with Gasteiger partial charge in [-0.1, -0.05) is 0 Å². The van der Waals surface area contributed by atoms with Crippen LogP contribution in [0.1, 0.15) is 51.4 Å². The molecule has 1 saturated heterocycles. The zero-order valence-electron chi connectivity index (χ0n) is 12.3. The summed E-state index contributed by atoms with van der Waals surface area (Å²) in [6.45, 7) is 1.44. The Bertz CT molecular complexity index is 423.